The summed E-state index contributed by atoms with van der Waals surface area (Å²) in [6.07, 6.45) is 0.233. The Hall–Kier alpha value is -2.73. The fourth-order valence-electron chi connectivity index (χ4n) is 2.88. The highest BCUT2D eigenvalue weighted by Crippen LogP contribution is 2.26. The van der Waals surface area contributed by atoms with E-state index >= 15 is 0 Å². The standard InChI is InChI=1S/C22H23FN2O2S/c1-3-25(14-16-6-5-7-18(23)12-16)21(26)13-19-15-28-22(24-19)17-8-10-20(11-9-17)27-4-2/h5-12,15H,3-4,13-14H2,1-2H3. The molecule has 0 aliphatic carbocycles. The molecule has 0 saturated carbocycles. The molecule has 0 N–H and O–H groups in total. The maximum Gasteiger partial charge on any atom is 0.228 e. The molecule has 3 aromatic rings. The van der Waals surface area contributed by atoms with Gasteiger partial charge in [-0.25, -0.2) is 9.37 Å². The summed E-state index contributed by atoms with van der Waals surface area (Å²) in [4.78, 5) is 19.0. The van der Waals surface area contributed by atoms with Gasteiger partial charge in [0.2, 0.25) is 5.91 Å². The van der Waals surface area contributed by atoms with Crippen LogP contribution in [0.5, 0.6) is 5.75 Å². The molecule has 0 unspecified atom stereocenters. The monoisotopic (exact) mass is 398 g/mol. The topological polar surface area (TPSA) is 42.4 Å². The van der Waals surface area contributed by atoms with Gasteiger partial charge in [0.25, 0.3) is 0 Å². The second kappa shape index (κ2) is 9.46. The summed E-state index contributed by atoms with van der Waals surface area (Å²) in [5, 5.41) is 2.79. The number of likely N-dealkylation sites (N-methyl/N-ethyl adjacent to an activating group) is 1. The van der Waals surface area contributed by atoms with E-state index in [0.29, 0.717) is 19.7 Å². The average molecular weight is 399 g/mol. The van der Waals surface area contributed by atoms with Crippen molar-refractivity contribution in [2.45, 2.75) is 26.8 Å². The smallest absolute Gasteiger partial charge is 0.228 e. The Morgan fingerprint density at radius 3 is 2.64 bits per heavy atom. The van der Waals surface area contributed by atoms with Crippen LogP contribution in [0.25, 0.3) is 10.6 Å². The van der Waals surface area contributed by atoms with Crippen molar-refractivity contribution in [3.63, 3.8) is 0 Å². The van der Waals surface area contributed by atoms with Gasteiger partial charge < -0.3 is 9.64 Å². The molecular formula is C22H23FN2O2S. The van der Waals surface area contributed by atoms with Crippen LogP contribution < -0.4 is 4.74 Å². The number of hydrogen-bond donors (Lipinski definition) is 0. The zero-order chi connectivity index (χ0) is 19.9. The number of aromatic nitrogens is 1. The summed E-state index contributed by atoms with van der Waals surface area (Å²) in [7, 11) is 0. The Morgan fingerprint density at radius 1 is 1.18 bits per heavy atom. The number of rotatable bonds is 8. The molecular weight excluding hydrogens is 375 g/mol. The Labute approximate surface area is 168 Å². The molecule has 0 aliphatic rings. The van der Waals surface area contributed by atoms with E-state index in [1.807, 2.05) is 49.6 Å². The third-order valence-electron chi connectivity index (χ3n) is 4.29. The van der Waals surface area contributed by atoms with Crippen LogP contribution in [-0.2, 0) is 17.8 Å². The molecule has 0 fully saturated rings. The van der Waals surface area contributed by atoms with Crippen LogP contribution in [0.4, 0.5) is 4.39 Å². The van der Waals surface area contributed by atoms with Crippen LogP contribution in [-0.4, -0.2) is 28.9 Å². The zero-order valence-electron chi connectivity index (χ0n) is 16.0. The van der Waals surface area contributed by atoms with Gasteiger partial charge in [-0.15, -0.1) is 11.3 Å². The predicted octanol–water partition coefficient (Wildman–Crippen LogP) is 4.94. The lowest BCUT2D eigenvalue weighted by Gasteiger charge is -2.20. The first-order valence-electron chi connectivity index (χ1n) is 9.29. The molecule has 3 rings (SSSR count). The highest BCUT2D eigenvalue weighted by molar-refractivity contribution is 7.13. The molecule has 28 heavy (non-hydrogen) atoms. The quantitative estimate of drug-likeness (QED) is 0.540. The van der Waals surface area contributed by atoms with Crippen molar-refractivity contribution in [3.05, 3.63) is 71.0 Å². The van der Waals surface area contributed by atoms with Gasteiger partial charge in [-0.05, 0) is 55.8 Å². The molecule has 0 atom stereocenters. The van der Waals surface area contributed by atoms with Gasteiger partial charge in [-0.2, -0.15) is 0 Å². The van der Waals surface area contributed by atoms with Gasteiger partial charge >= 0.3 is 0 Å². The van der Waals surface area contributed by atoms with E-state index in [1.165, 1.54) is 23.5 Å². The lowest BCUT2D eigenvalue weighted by Crippen LogP contribution is -2.31. The molecule has 1 amide bonds. The fraction of sp³-hybridized carbons (Fsp3) is 0.273. The van der Waals surface area contributed by atoms with Crippen LogP contribution in [0.2, 0.25) is 0 Å². The Kier molecular flexibility index (Phi) is 6.76. The van der Waals surface area contributed by atoms with Gasteiger partial charge in [0.05, 0.1) is 18.7 Å². The van der Waals surface area contributed by atoms with E-state index in [1.54, 1.807) is 11.0 Å². The van der Waals surface area contributed by atoms with Crippen molar-refractivity contribution < 1.29 is 13.9 Å². The van der Waals surface area contributed by atoms with Crippen LogP contribution in [0, 0.1) is 5.82 Å². The fourth-order valence-corrected chi connectivity index (χ4v) is 3.71. The molecule has 6 heteroatoms. The third-order valence-corrected chi connectivity index (χ3v) is 5.23. The lowest BCUT2D eigenvalue weighted by molar-refractivity contribution is -0.130. The first kappa shape index (κ1) is 20.0. The number of carbonyl (C=O) groups is 1. The Balaban J connectivity index is 1.65. The largest absolute Gasteiger partial charge is 0.494 e. The molecule has 0 bridgehead atoms. The van der Waals surface area contributed by atoms with Crippen molar-refractivity contribution in [3.8, 4) is 16.3 Å². The van der Waals surface area contributed by atoms with E-state index in [9.17, 15) is 9.18 Å². The second-order valence-corrected chi connectivity index (χ2v) is 7.17. The minimum Gasteiger partial charge on any atom is -0.494 e. The number of ether oxygens (including phenoxy) is 1. The summed E-state index contributed by atoms with van der Waals surface area (Å²) in [5.41, 5.74) is 2.53. The average Bonchev–Trinajstić information content (AvgIpc) is 3.15. The third kappa shape index (κ3) is 5.16. The van der Waals surface area contributed by atoms with E-state index in [2.05, 4.69) is 4.98 Å². The molecule has 0 spiro atoms. The molecule has 2 aromatic carbocycles. The van der Waals surface area contributed by atoms with Gasteiger partial charge in [0.15, 0.2) is 0 Å². The van der Waals surface area contributed by atoms with Crippen LogP contribution in [0.15, 0.2) is 53.9 Å². The predicted molar refractivity (Wildman–Crippen MR) is 110 cm³/mol. The van der Waals surface area contributed by atoms with E-state index < -0.39 is 0 Å². The number of halogens is 1. The first-order valence-corrected chi connectivity index (χ1v) is 10.2. The maximum absolute atomic E-state index is 13.4. The van der Waals surface area contributed by atoms with E-state index in [4.69, 9.17) is 4.74 Å². The van der Waals surface area contributed by atoms with E-state index in [0.717, 1.165) is 27.6 Å². The highest BCUT2D eigenvalue weighted by Gasteiger charge is 2.15. The van der Waals surface area contributed by atoms with Crippen molar-refractivity contribution in [2.24, 2.45) is 0 Å². The van der Waals surface area contributed by atoms with Crippen LogP contribution in [0.3, 0.4) is 0 Å². The van der Waals surface area contributed by atoms with Crippen LogP contribution >= 0.6 is 11.3 Å². The zero-order valence-corrected chi connectivity index (χ0v) is 16.8. The van der Waals surface area contributed by atoms with Gasteiger partial charge in [-0.3, -0.25) is 4.79 Å². The van der Waals surface area contributed by atoms with Crippen molar-refractivity contribution in [1.82, 2.24) is 9.88 Å². The minimum atomic E-state index is -0.291. The van der Waals surface area contributed by atoms with Gasteiger partial charge in [-0.1, -0.05) is 12.1 Å². The number of hydrogen-bond acceptors (Lipinski definition) is 4. The summed E-state index contributed by atoms with van der Waals surface area (Å²) in [6, 6.07) is 14.1. The van der Waals surface area contributed by atoms with Crippen LogP contribution in [0.1, 0.15) is 25.1 Å². The SMILES string of the molecule is CCOc1ccc(-c2nc(CC(=O)N(CC)Cc3cccc(F)c3)cs2)cc1. The molecule has 0 saturated heterocycles. The number of amides is 1. The molecule has 0 radical (unpaired) electrons. The lowest BCUT2D eigenvalue weighted by atomic mass is 10.2. The molecule has 0 aliphatic heterocycles. The van der Waals surface area contributed by atoms with Gasteiger partial charge in [0, 0.05) is 24.0 Å². The summed E-state index contributed by atoms with van der Waals surface area (Å²) in [5.74, 6) is 0.518. The highest BCUT2D eigenvalue weighted by atomic mass is 32.1. The summed E-state index contributed by atoms with van der Waals surface area (Å²) in [6.45, 7) is 5.45. The molecule has 146 valence electrons. The Bertz CT molecular complexity index is 924. The van der Waals surface area contributed by atoms with Crippen molar-refractivity contribution in [1.29, 1.82) is 0 Å². The number of benzene rings is 2. The summed E-state index contributed by atoms with van der Waals surface area (Å²) < 4.78 is 18.8. The van der Waals surface area contributed by atoms with Crippen molar-refractivity contribution >= 4 is 17.2 Å². The van der Waals surface area contributed by atoms with Gasteiger partial charge in [0.1, 0.15) is 16.6 Å². The van der Waals surface area contributed by atoms with E-state index in [-0.39, 0.29) is 18.1 Å². The number of nitrogens with zero attached hydrogens (tertiary/aromatic N) is 2. The number of thiazole rings is 1. The maximum atomic E-state index is 13.4. The van der Waals surface area contributed by atoms with Crippen molar-refractivity contribution in [2.75, 3.05) is 13.2 Å². The second-order valence-electron chi connectivity index (χ2n) is 6.32. The first-order chi connectivity index (χ1) is 13.6. The Morgan fingerprint density at radius 2 is 1.96 bits per heavy atom. The molecule has 1 heterocycles. The molecule has 4 nitrogen and oxygen atoms in total. The normalized spacial score (nSPS) is 10.7. The molecule has 1 aromatic heterocycles. The minimum absolute atomic E-state index is 0.0182. The summed E-state index contributed by atoms with van der Waals surface area (Å²) >= 11 is 1.52. The number of carbonyl (C=O) groups excluding carboxylic acids is 1.